The van der Waals surface area contributed by atoms with E-state index in [4.69, 9.17) is 11.6 Å². The molecule has 0 saturated heterocycles. The van der Waals surface area contributed by atoms with Gasteiger partial charge in [-0.1, -0.05) is 29.4 Å². The van der Waals surface area contributed by atoms with Crippen molar-refractivity contribution in [2.75, 3.05) is 11.1 Å². The molecule has 28 heavy (non-hydrogen) atoms. The third-order valence-electron chi connectivity index (χ3n) is 4.55. The highest BCUT2D eigenvalue weighted by Gasteiger charge is 2.30. The lowest BCUT2D eigenvalue weighted by Gasteiger charge is -2.10. The Kier molecular flexibility index (Phi) is 5.37. The van der Waals surface area contributed by atoms with Gasteiger partial charge in [0.2, 0.25) is 5.91 Å². The number of hydrogen-bond donors (Lipinski definition) is 1. The van der Waals surface area contributed by atoms with Crippen molar-refractivity contribution in [3.63, 3.8) is 0 Å². The van der Waals surface area contributed by atoms with E-state index in [1.807, 2.05) is 13.0 Å². The first kappa shape index (κ1) is 19.0. The molecule has 2 aromatic carbocycles. The lowest BCUT2D eigenvalue weighted by Crippen LogP contribution is -2.15. The molecular weight excluding hydrogens is 399 g/mol. The molecule has 0 spiro atoms. The quantitative estimate of drug-likeness (QED) is 0.567. The smallest absolute Gasteiger partial charge is 0.234 e. The number of benzene rings is 2. The van der Waals surface area contributed by atoms with E-state index in [2.05, 4.69) is 20.1 Å². The molecule has 1 N–H and O–H groups in total. The summed E-state index contributed by atoms with van der Waals surface area (Å²) in [6.45, 7) is 1.86. The van der Waals surface area contributed by atoms with Crippen molar-refractivity contribution < 1.29 is 9.18 Å². The first-order valence-corrected chi connectivity index (χ1v) is 10.3. The Bertz CT molecular complexity index is 1020. The van der Waals surface area contributed by atoms with Crippen LogP contribution in [0.4, 0.5) is 10.1 Å². The van der Waals surface area contributed by atoms with Crippen LogP contribution in [0.2, 0.25) is 5.02 Å². The van der Waals surface area contributed by atoms with Crippen LogP contribution in [-0.4, -0.2) is 26.4 Å². The first-order chi connectivity index (χ1) is 13.5. The van der Waals surface area contributed by atoms with Crippen LogP contribution in [0.1, 0.15) is 24.4 Å². The lowest BCUT2D eigenvalue weighted by molar-refractivity contribution is -0.113. The Hall–Kier alpha value is -2.38. The molecule has 1 aromatic heterocycles. The Morgan fingerprint density at radius 3 is 2.71 bits per heavy atom. The topological polar surface area (TPSA) is 59.8 Å². The number of amides is 1. The van der Waals surface area contributed by atoms with Gasteiger partial charge in [0.15, 0.2) is 11.0 Å². The van der Waals surface area contributed by atoms with Gasteiger partial charge in [-0.05, 0) is 61.7 Å². The van der Waals surface area contributed by atoms with Crippen molar-refractivity contribution in [3.05, 3.63) is 58.9 Å². The van der Waals surface area contributed by atoms with Gasteiger partial charge in [0, 0.05) is 22.3 Å². The summed E-state index contributed by atoms with van der Waals surface area (Å²) in [4.78, 5) is 12.4. The monoisotopic (exact) mass is 416 g/mol. The average molecular weight is 417 g/mol. The molecule has 0 aliphatic heterocycles. The van der Waals surface area contributed by atoms with Gasteiger partial charge in [-0.3, -0.25) is 9.36 Å². The molecule has 0 unspecified atom stereocenters. The summed E-state index contributed by atoms with van der Waals surface area (Å²) in [5, 5.41) is 12.7. The van der Waals surface area contributed by atoms with E-state index in [0.717, 1.165) is 24.0 Å². The molecule has 4 rings (SSSR count). The van der Waals surface area contributed by atoms with Crippen molar-refractivity contribution in [2.45, 2.75) is 31.0 Å². The summed E-state index contributed by atoms with van der Waals surface area (Å²) in [7, 11) is 0. The van der Waals surface area contributed by atoms with Crippen LogP contribution in [-0.2, 0) is 4.79 Å². The molecule has 1 heterocycles. The zero-order valence-electron chi connectivity index (χ0n) is 15.2. The van der Waals surface area contributed by atoms with Gasteiger partial charge in [0.25, 0.3) is 0 Å². The maximum atomic E-state index is 13.2. The highest BCUT2D eigenvalue weighted by atomic mass is 35.5. The highest BCUT2D eigenvalue weighted by Crippen LogP contribution is 2.41. The minimum absolute atomic E-state index is 0.135. The summed E-state index contributed by atoms with van der Waals surface area (Å²) >= 11 is 7.44. The van der Waals surface area contributed by atoms with Crippen molar-refractivity contribution in [1.82, 2.24) is 14.8 Å². The minimum Gasteiger partial charge on any atom is -0.325 e. The number of nitrogens with zero attached hydrogens (tertiary/aromatic N) is 3. The Morgan fingerprint density at radius 1 is 1.25 bits per heavy atom. The van der Waals surface area contributed by atoms with E-state index in [1.54, 1.807) is 24.3 Å². The first-order valence-electron chi connectivity index (χ1n) is 8.91. The molecule has 0 radical (unpaired) electrons. The van der Waals surface area contributed by atoms with E-state index >= 15 is 0 Å². The predicted molar refractivity (Wildman–Crippen MR) is 109 cm³/mol. The fraction of sp³-hybridized carbons (Fsp3) is 0.250. The van der Waals surface area contributed by atoms with Crippen molar-refractivity contribution in [3.8, 4) is 11.4 Å². The number of carbonyl (C=O) groups excluding carboxylic acids is 1. The van der Waals surface area contributed by atoms with Crippen LogP contribution in [0.15, 0.2) is 47.6 Å². The second kappa shape index (κ2) is 7.93. The largest absolute Gasteiger partial charge is 0.325 e. The summed E-state index contributed by atoms with van der Waals surface area (Å²) < 4.78 is 15.3. The van der Waals surface area contributed by atoms with Crippen molar-refractivity contribution in [2.24, 2.45) is 0 Å². The number of aromatic nitrogens is 3. The molecule has 1 amide bonds. The van der Waals surface area contributed by atoms with E-state index in [-0.39, 0.29) is 17.5 Å². The fourth-order valence-corrected chi connectivity index (χ4v) is 3.87. The second-order valence-electron chi connectivity index (χ2n) is 6.66. The number of thioether (sulfide) groups is 1. The van der Waals surface area contributed by atoms with Gasteiger partial charge in [-0.15, -0.1) is 10.2 Å². The van der Waals surface area contributed by atoms with Crippen LogP contribution in [0.5, 0.6) is 0 Å². The maximum Gasteiger partial charge on any atom is 0.234 e. The molecule has 0 bridgehead atoms. The molecule has 1 saturated carbocycles. The Morgan fingerprint density at radius 2 is 2.00 bits per heavy atom. The average Bonchev–Trinajstić information content (AvgIpc) is 3.44. The Labute approximate surface area is 171 Å². The number of nitrogens with one attached hydrogen (secondary N) is 1. The molecule has 1 aliphatic rings. The van der Waals surface area contributed by atoms with Crippen molar-refractivity contribution in [1.29, 1.82) is 0 Å². The molecule has 3 aromatic rings. The third-order valence-corrected chi connectivity index (χ3v) is 5.91. The van der Waals surface area contributed by atoms with Crippen molar-refractivity contribution >= 4 is 35.0 Å². The zero-order valence-corrected chi connectivity index (χ0v) is 16.7. The second-order valence-corrected chi connectivity index (χ2v) is 8.01. The number of hydrogen-bond acceptors (Lipinski definition) is 4. The summed E-state index contributed by atoms with van der Waals surface area (Å²) in [5.74, 6) is 0.490. The van der Waals surface area contributed by atoms with E-state index in [9.17, 15) is 9.18 Å². The van der Waals surface area contributed by atoms with Crippen LogP contribution in [0.3, 0.4) is 0 Å². The SMILES string of the molecule is Cc1c(Cl)cccc1NC(=O)CSc1nnc(-c2ccc(F)cc2)n1C1CC1. The van der Waals surface area contributed by atoms with Crippen LogP contribution in [0.25, 0.3) is 11.4 Å². The maximum absolute atomic E-state index is 13.2. The van der Waals surface area contributed by atoms with Gasteiger partial charge in [0.1, 0.15) is 5.82 Å². The molecular formula is C20H18ClFN4OS. The zero-order chi connectivity index (χ0) is 19.7. The summed E-state index contributed by atoms with van der Waals surface area (Å²) in [5.41, 5.74) is 2.35. The van der Waals surface area contributed by atoms with Gasteiger partial charge < -0.3 is 5.32 Å². The summed E-state index contributed by atoms with van der Waals surface area (Å²) in [6, 6.07) is 12.0. The third kappa shape index (κ3) is 4.05. The standard InChI is InChI=1S/C20H18ClFN4OS/c1-12-16(21)3-2-4-17(12)23-18(27)11-28-20-25-24-19(26(20)15-9-10-15)13-5-7-14(22)8-6-13/h2-8,15H,9-11H2,1H3,(H,23,27). The predicted octanol–water partition coefficient (Wildman–Crippen LogP) is 5.11. The minimum atomic E-state index is -0.288. The normalized spacial score (nSPS) is 13.5. The van der Waals surface area contributed by atoms with Crippen LogP contribution < -0.4 is 5.32 Å². The van der Waals surface area contributed by atoms with Gasteiger partial charge in [-0.2, -0.15) is 0 Å². The number of rotatable bonds is 6. The molecule has 1 aliphatic carbocycles. The van der Waals surface area contributed by atoms with Crippen LogP contribution in [0, 0.1) is 12.7 Å². The number of carbonyl (C=O) groups is 1. The molecule has 8 heteroatoms. The van der Waals surface area contributed by atoms with Gasteiger partial charge in [0.05, 0.1) is 5.75 Å². The molecule has 144 valence electrons. The summed E-state index contributed by atoms with van der Waals surface area (Å²) in [6.07, 6.45) is 2.10. The van der Waals surface area contributed by atoms with E-state index in [0.29, 0.717) is 27.7 Å². The number of anilines is 1. The molecule has 0 atom stereocenters. The van der Waals surface area contributed by atoms with Gasteiger partial charge >= 0.3 is 0 Å². The fourth-order valence-electron chi connectivity index (χ4n) is 2.89. The number of halogens is 2. The Balaban J connectivity index is 1.48. The highest BCUT2D eigenvalue weighted by molar-refractivity contribution is 7.99. The van der Waals surface area contributed by atoms with Crippen LogP contribution >= 0.6 is 23.4 Å². The van der Waals surface area contributed by atoms with E-state index < -0.39 is 0 Å². The van der Waals surface area contributed by atoms with Gasteiger partial charge in [-0.25, -0.2) is 4.39 Å². The molecule has 5 nitrogen and oxygen atoms in total. The molecule has 1 fully saturated rings. The lowest BCUT2D eigenvalue weighted by atomic mass is 10.2. The van der Waals surface area contributed by atoms with E-state index in [1.165, 1.54) is 23.9 Å².